The largest absolute Gasteiger partial charge is 0.395 e. The van der Waals surface area contributed by atoms with Gasteiger partial charge in [0, 0.05) is 29.6 Å². The molecule has 3 rings (SSSR count). The Bertz CT molecular complexity index is 757. The Kier molecular flexibility index (Phi) is 4.05. The highest BCUT2D eigenvalue weighted by atomic mass is 35.5. The van der Waals surface area contributed by atoms with E-state index in [1.54, 1.807) is 17.7 Å². The molecule has 0 atom stereocenters. The molecule has 0 bridgehead atoms. The van der Waals surface area contributed by atoms with Gasteiger partial charge in [-0.2, -0.15) is 0 Å². The number of aromatic nitrogens is 2. The summed E-state index contributed by atoms with van der Waals surface area (Å²) in [6.45, 7) is 0.616. The van der Waals surface area contributed by atoms with Gasteiger partial charge in [-0.05, 0) is 17.7 Å². The van der Waals surface area contributed by atoms with E-state index in [2.05, 4.69) is 15.3 Å². The summed E-state index contributed by atoms with van der Waals surface area (Å²) in [5.74, 6) is 0.834. The predicted octanol–water partition coefficient (Wildman–Crippen LogP) is 3.44. The van der Waals surface area contributed by atoms with Crippen molar-refractivity contribution in [2.75, 3.05) is 25.1 Å². The summed E-state index contributed by atoms with van der Waals surface area (Å²) in [7, 11) is 1.92. The molecule has 0 radical (unpaired) electrons. The number of aliphatic hydroxyl groups excluding tert-OH is 1. The van der Waals surface area contributed by atoms with Crippen molar-refractivity contribution in [3.05, 3.63) is 41.0 Å². The van der Waals surface area contributed by atoms with Crippen molar-refractivity contribution in [3.63, 3.8) is 0 Å². The highest BCUT2D eigenvalue weighted by molar-refractivity contribution is 7.17. The van der Waals surface area contributed by atoms with Gasteiger partial charge in [-0.1, -0.05) is 23.7 Å². The number of benzene rings is 1. The third kappa shape index (κ3) is 2.72. The third-order valence-electron chi connectivity index (χ3n) is 3.30. The fourth-order valence-electron chi connectivity index (χ4n) is 2.25. The lowest BCUT2D eigenvalue weighted by Crippen LogP contribution is -2.22. The zero-order valence-electron chi connectivity index (χ0n) is 11.5. The van der Waals surface area contributed by atoms with Crippen LogP contribution in [0.1, 0.15) is 0 Å². The molecule has 2 aromatic heterocycles. The summed E-state index contributed by atoms with van der Waals surface area (Å²) in [5.41, 5.74) is 2.17. The average molecular weight is 320 g/mol. The van der Waals surface area contributed by atoms with E-state index in [0.717, 1.165) is 27.2 Å². The van der Waals surface area contributed by atoms with Gasteiger partial charge in [-0.25, -0.2) is 9.97 Å². The molecule has 0 amide bonds. The molecule has 21 heavy (non-hydrogen) atoms. The molecule has 1 aromatic carbocycles. The first-order valence-corrected chi connectivity index (χ1v) is 7.76. The smallest absolute Gasteiger partial charge is 0.141 e. The zero-order valence-corrected chi connectivity index (χ0v) is 13.0. The molecular weight excluding hydrogens is 306 g/mol. The van der Waals surface area contributed by atoms with Crippen molar-refractivity contribution in [2.45, 2.75) is 0 Å². The number of nitrogens with zero attached hydrogens (tertiary/aromatic N) is 3. The van der Waals surface area contributed by atoms with Gasteiger partial charge in [0.15, 0.2) is 0 Å². The van der Waals surface area contributed by atoms with E-state index in [1.807, 2.05) is 36.2 Å². The number of rotatable bonds is 4. The molecule has 0 aliphatic rings. The van der Waals surface area contributed by atoms with E-state index < -0.39 is 0 Å². The molecule has 4 nitrogen and oxygen atoms in total. The Hall–Kier alpha value is -1.69. The molecule has 0 unspecified atom stereocenters. The Morgan fingerprint density at radius 2 is 2.00 bits per heavy atom. The van der Waals surface area contributed by atoms with Crippen LogP contribution in [0, 0.1) is 0 Å². The van der Waals surface area contributed by atoms with Crippen LogP contribution in [-0.4, -0.2) is 35.3 Å². The Morgan fingerprint density at radius 3 is 2.71 bits per heavy atom. The second-order valence-electron chi connectivity index (χ2n) is 4.68. The zero-order chi connectivity index (χ0) is 14.8. The Morgan fingerprint density at radius 1 is 1.24 bits per heavy atom. The molecule has 0 spiro atoms. The lowest BCUT2D eigenvalue weighted by atomic mass is 10.1. The number of thiophene rings is 1. The number of likely N-dealkylation sites (N-methyl/N-ethyl adjacent to an activating group) is 1. The van der Waals surface area contributed by atoms with E-state index in [1.165, 1.54) is 0 Å². The van der Waals surface area contributed by atoms with E-state index in [0.29, 0.717) is 11.6 Å². The molecule has 0 fully saturated rings. The van der Waals surface area contributed by atoms with Crippen LogP contribution in [-0.2, 0) is 0 Å². The quantitative estimate of drug-likeness (QED) is 0.800. The van der Waals surface area contributed by atoms with Crippen molar-refractivity contribution >= 4 is 39.0 Å². The highest BCUT2D eigenvalue weighted by Crippen LogP contribution is 2.37. The van der Waals surface area contributed by atoms with Crippen LogP contribution >= 0.6 is 22.9 Å². The minimum Gasteiger partial charge on any atom is -0.395 e. The summed E-state index contributed by atoms with van der Waals surface area (Å²) < 4.78 is 0. The summed E-state index contributed by atoms with van der Waals surface area (Å²) >= 11 is 7.55. The summed E-state index contributed by atoms with van der Waals surface area (Å²) in [6, 6.07) is 7.74. The van der Waals surface area contributed by atoms with Crippen LogP contribution in [0.25, 0.3) is 21.3 Å². The monoisotopic (exact) mass is 319 g/mol. The van der Waals surface area contributed by atoms with E-state index in [-0.39, 0.29) is 6.61 Å². The second-order valence-corrected chi connectivity index (χ2v) is 5.97. The number of anilines is 1. The topological polar surface area (TPSA) is 49.2 Å². The Balaban J connectivity index is 2.17. The van der Waals surface area contributed by atoms with Crippen LogP contribution < -0.4 is 4.90 Å². The Labute approximate surface area is 131 Å². The van der Waals surface area contributed by atoms with Gasteiger partial charge in [0.25, 0.3) is 0 Å². The van der Waals surface area contributed by atoms with Crippen LogP contribution in [0.5, 0.6) is 0 Å². The first-order valence-electron chi connectivity index (χ1n) is 6.51. The second kappa shape index (κ2) is 5.97. The van der Waals surface area contributed by atoms with Crippen molar-refractivity contribution in [1.82, 2.24) is 9.97 Å². The van der Waals surface area contributed by atoms with E-state index in [9.17, 15) is 0 Å². The molecule has 0 saturated heterocycles. The minimum atomic E-state index is 0.0857. The molecule has 3 aromatic rings. The van der Waals surface area contributed by atoms with Gasteiger partial charge in [-0.15, -0.1) is 11.3 Å². The maximum atomic E-state index is 9.14. The van der Waals surface area contributed by atoms with Crippen molar-refractivity contribution in [3.8, 4) is 11.1 Å². The molecule has 1 N–H and O–H groups in total. The fraction of sp³-hybridized carbons (Fsp3) is 0.200. The van der Waals surface area contributed by atoms with Crippen LogP contribution in [0.2, 0.25) is 5.02 Å². The summed E-state index contributed by atoms with van der Waals surface area (Å²) in [5, 5.41) is 13.0. The fourth-order valence-corrected chi connectivity index (χ4v) is 3.28. The van der Waals surface area contributed by atoms with Gasteiger partial charge in [-0.3, -0.25) is 0 Å². The number of hydrogen-bond donors (Lipinski definition) is 1. The summed E-state index contributed by atoms with van der Waals surface area (Å²) in [6.07, 6.45) is 1.56. The first kappa shape index (κ1) is 14.3. The molecule has 2 heterocycles. The third-order valence-corrected chi connectivity index (χ3v) is 4.44. The predicted molar refractivity (Wildman–Crippen MR) is 88.2 cm³/mol. The molecular formula is C15H14ClN3OS. The van der Waals surface area contributed by atoms with Gasteiger partial charge in [0.2, 0.25) is 0 Å². The molecule has 0 aliphatic carbocycles. The molecule has 0 saturated carbocycles. The lowest BCUT2D eigenvalue weighted by Gasteiger charge is -2.18. The van der Waals surface area contributed by atoms with Crippen molar-refractivity contribution in [2.24, 2.45) is 0 Å². The van der Waals surface area contributed by atoms with Crippen molar-refractivity contribution in [1.29, 1.82) is 0 Å². The number of fused-ring (bicyclic) bond motifs is 1. The number of aliphatic hydroxyl groups is 1. The standard InChI is InChI=1S/C15H14ClN3OS/c1-19(6-7-20)14-13-12(8-21-15(13)18-9-17-14)10-2-4-11(16)5-3-10/h2-5,8-9,20H,6-7H2,1H3. The van der Waals surface area contributed by atoms with Crippen LogP contribution in [0.3, 0.4) is 0 Å². The molecule has 6 heteroatoms. The van der Waals surface area contributed by atoms with Gasteiger partial charge < -0.3 is 10.0 Å². The number of hydrogen-bond acceptors (Lipinski definition) is 5. The van der Waals surface area contributed by atoms with Crippen LogP contribution in [0.15, 0.2) is 36.0 Å². The molecule has 0 aliphatic heterocycles. The number of halogens is 1. The lowest BCUT2D eigenvalue weighted by molar-refractivity contribution is 0.304. The van der Waals surface area contributed by atoms with E-state index >= 15 is 0 Å². The maximum Gasteiger partial charge on any atom is 0.141 e. The summed E-state index contributed by atoms with van der Waals surface area (Å²) in [4.78, 5) is 11.6. The SMILES string of the molecule is CN(CCO)c1ncnc2scc(-c3ccc(Cl)cc3)c12. The van der Waals surface area contributed by atoms with Gasteiger partial charge >= 0.3 is 0 Å². The molecule has 108 valence electrons. The van der Waals surface area contributed by atoms with E-state index in [4.69, 9.17) is 16.7 Å². The first-order chi connectivity index (χ1) is 10.2. The average Bonchev–Trinajstić information content (AvgIpc) is 2.92. The van der Waals surface area contributed by atoms with Gasteiger partial charge in [0.05, 0.1) is 12.0 Å². The normalized spacial score (nSPS) is 11.0. The maximum absolute atomic E-state index is 9.14. The minimum absolute atomic E-state index is 0.0857. The van der Waals surface area contributed by atoms with Crippen LogP contribution in [0.4, 0.5) is 5.82 Å². The highest BCUT2D eigenvalue weighted by Gasteiger charge is 2.15. The van der Waals surface area contributed by atoms with Crippen molar-refractivity contribution < 1.29 is 5.11 Å². The van der Waals surface area contributed by atoms with Gasteiger partial charge in [0.1, 0.15) is 17.0 Å².